The van der Waals surface area contributed by atoms with Crippen LogP contribution in [0.25, 0.3) is 0 Å². The zero-order valence-electron chi connectivity index (χ0n) is 16.3. The maximum atomic E-state index is 12.7. The van der Waals surface area contributed by atoms with Gasteiger partial charge in [-0.05, 0) is 37.0 Å². The molecule has 0 bridgehead atoms. The molecule has 1 aromatic carbocycles. The molecule has 9 nitrogen and oxygen atoms in total. The number of rotatable bonds is 5. The second-order valence-corrected chi connectivity index (χ2v) is 9.54. The third kappa shape index (κ3) is 4.31. The molecule has 29 heavy (non-hydrogen) atoms. The summed E-state index contributed by atoms with van der Waals surface area (Å²) in [5.74, 6) is -2.53. The lowest BCUT2D eigenvalue weighted by atomic mass is 9.85. The van der Waals surface area contributed by atoms with E-state index in [-0.39, 0.29) is 22.5 Å². The molecule has 1 aromatic rings. The van der Waals surface area contributed by atoms with E-state index in [2.05, 4.69) is 5.32 Å². The van der Waals surface area contributed by atoms with Gasteiger partial charge in [-0.25, -0.2) is 18.1 Å². The highest BCUT2D eigenvalue weighted by Gasteiger charge is 2.49. The van der Waals surface area contributed by atoms with Gasteiger partial charge in [0.25, 0.3) is 0 Å². The minimum absolute atomic E-state index is 0.0243. The Morgan fingerprint density at radius 1 is 1.14 bits per heavy atom. The second kappa shape index (κ2) is 7.94. The van der Waals surface area contributed by atoms with Gasteiger partial charge >= 0.3 is 17.8 Å². The Morgan fingerprint density at radius 2 is 1.83 bits per heavy atom. The normalized spacial score (nSPS) is 22.9. The molecule has 5 amide bonds. The van der Waals surface area contributed by atoms with E-state index in [9.17, 15) is 27.6 Å². The van der Waals surface area contributed by atoms with Crippen LogP contribution in [0.5, 0.6) is 0 Å². The van der Waals surface area contributed by atoms with Gasteiger partial charge in [0, 0.05) is 18.0 Å². The molecule has 1 N–H and O–H groups in total. The standard InChI is InChI=1S/C19H23N3O6S/c1-12-6-3-4-9-15(12)22-18(25)17(24)21(19(22)26)11-16(23)20-13-7-5-8-14(10-13)29(2,27)28/h5,7-8,10,12,15H,3-4,6,9,11H2,1-2H3,(H,20,23)/t12-,15-/m1/s1. The van der Waals surface area contributed by atoms with Crippen molar-refractivity contribution in [3.05, 3.63) is 24.3 Å². The summed E-state index contributed by atoms with van der Waals surface area (Å²) in [6, 6.07) is 4.50. The van der Waals surface area contributed by atoms with Gasteiger partial charge in [0.2, 0.25) is 5.91 Å². The summed E-state index contributed by atoms with van der Waals surface area (Å²) >= 11 is 0. The Bertz CT molecular complexity index is 974. The van der Waals surface area contributed by atoms with Crippen molar-refractivity contribution in [3.8, 4) is 0 Å². The van der Waals surface area contributed by atoms with Crippen LogP contribution in [0.1, 0.15) is 32.6 Å². The lowest BCUT2D eigenvalue weighted by Crippen LogP contribution is -2.46. The molecular weight excluding hydrogens is 398 g/mol. The molecular formula is C19H23N3O6S. The van der Waals surface area contributed by atoms with Gasteiger partial charge < -0.3 is 5.32 Å². The zero-order valence-corrected chi connectivity index (χ0v) is 17.1. The van der Waals surface area contributed by atoms with E-state index in [1.165, 1.54) is 24.3 Å². The van der Waals surface area contributed by atoms with E-state index in [0.717, 1.165) is 30.4 Å². The molecule has 1 aliphatic heterocycles. The van der Waals surface area contributed by atoms with Gasteiger partial charge in [-0.3, -0.25) is 19.3 Å². The SMILES string of the molecule is C[C@@H]1CCCC[C@H]1N1C(=O)C(=O)N(CC(=O)Nc2cccc(S(C)(=O)=O)c2)C1=O. The van der Waals surface area contributed by atoms with Gasteiger partial charge in [-0.15, -0.1) is 0 Å². The third-order valence-electron chi connectivity index (χ3n) is 5.33. The van der Waals surface area contributed by atoms with Crippen molar-refractivity contribution in [2.75, 3.05) is 18.1 Å². The number of anilines is 1. The number of amides is 5. The largest absolute Gasteiger partial charge is 0.334 e. The number of carbonyl (C=O) groups is 4. The summed E-state index contributed by atoms with van der Waals surface area (Å²) in [6.45, 7) is 1.32. The third-order valence-corrected chi connectivity index (χ3v) is 6.44. The van der Waals surface area contributed by atoms with Crippen LogP contribution in [0.3, 0.4) is 0 Å². The highest BCUT2D eigenvalue weighted by molar-refractivity contribution is 7.90. The number of sulfone groups is 1. The number of imide groups is 2. The number of nitrogens with zero attached hydrogens (tertiary/aromatic N) is 2. The Balaban J connectivity index is 1.71. The summed E-state index contributed by atoms with van der Waals surface area (Å²) < 4.78 is 23.3. The van der Waals surface area contributed by atoms with E-state index < -0.39 is 40.1 Å². The summed E-state index contributed by atoms with van der Waals surface area (Å²) in [5.41, 5.74) is 0.209. The van der Waals surface area contributed by atoms with Crippen LogP contribution < -0.4 is 5.32 Å². The molecule has 2 fully saturated rings. The minimum atomic E-state index is -3.45. The fourth-order valence-corrected chi connectivity index (χ4v) is 4.45. The molecule has 10 heteroatoms. The predicted octanol–water partition coefficient (Wildman–Crippen LogP) is 1.40. The number of nitrogens with one attached hydrogen (secondary N) is 1. The molecule has 0 spiro atoms. The number of urea groups is 1. The number of benzene rings is 1. The summed E-state index contributed by atoms with van der Waals surface area (Å²) in [4.78, 5) is 51.4. The topological polar surface area (TPSA) is 121 Å². The number of hydrogen-bond acceptors (Lipinski definition) is 6. The maximum absolute atomic E-state index is 12.7. The molecule has 1 aliphatic carbocycles. The molecule has 1 saturated heterocycles. The van der Waals surface area contributed by atoms with Crippen molar-refractivity contribution in [3.63, 3.8) is 0 Å². The fraction of sp³-hybridized carbons (Fsp3) is 0.474. The van der Waals surface area contributed by atoms with E-state index in [1.54, 1.807) is 0 Å². The average molecular weight is 421 g/mol. The van der Waals surface area contributed by atoms with Crippen molar-refractivity contribution in [2.45, 2.75) is 43.5 Å². The van der Waals surface area contributed by atoms with Crippen molar-refractivity contribution in [2.24, 2.45) is 5.92 Å². The summed E-state index contributed by atoms with van der Waals surface area (Å²) in [7, 11) is -3.45. The van der Waals surface area contributed by atoms with Crippen LogP contribution in [0.15, 0.2) is 29.2 Å². The molecule has 156 valence electrons. The predicted molar refractivity (Wildman–Crippen MR) is 104 cm³/mol. The Labute approximate surface area is 169 Å². The second-order valence-electron chi connectivity index (χ2n) is 7.53. The van der Waals surface area contributed by atoms with Crippen molar-refractivity contribution in [1.82, 2.24) is 9.80 Å². The molecule has 3 rings (SSSR count). The van der Waals surface area contributed by atoms with Crippen LogP contribution in [-0.4, -0.2) is 60.8 Å². The van der Waals surface area contributed by atoms with Gasteiger partial charge in [0.15, 0.2) is 9.84 Å². The number of carbonyl (C=O) groups excluding carboxylic acids is 4. The lowest BCUT2D eigenvalue weighted by Gasteiger charge is -2.34. The van der Waals surface area contributed by atoms with E-state index in [0.29, 0.717) is 11.3 Å². The summed E-state index contributed by atoms with van der Waals surface area (Å²) in [5, 5.41) is 2.46. The van der Waals surface area contributed by atoms with Crippen LogP contribution in [0.2, 0.25) is 0 Å². The van der Waals surface area contributed by atoms with E-state index >= 15 is 0 Å². The van der Waals surface area contributed by atoms with Gasteiger partial charge in [0.1, 0.15) is 6.54 Å². The first-order valence-corrected chi connectivity index (χ1v) is 11.3. The van der Waals surface area contributed by atoms with Gasteiger partial charge in [0.05, 0.1) is 4.90 Å². The molecule has 2 aliphatic rings. The lowest BCUT2D eigenvalue weighted by molar-refractivity contribution is -0.145. The molecule has 0 radical (unpaired) electrons. The monoisotopic (exact) mass is 421 g/mol. The fourth-order valence-electron chi connectivity index (χ4n) is 3.78. The first-order valence-electron chi connectivity index (χ1n) is 9.38. The van der Waals surface area contributed by atoms with Crippen molar-refractivity contribution in [1.29, 1.82) is 0 Å². The van der Waals surface area contributed by atoms with Gasteiger partial charge in [-0.2, -0.15) is 0 Å². The average Bonchev–Trinajstić information content (AvgIpc) is 2.85. The maximum Gasteiger partial charge on any atom is 0.334 e. The van der Waals surface area contributed by atoms with E-state index in [1.807, 2.05) is 6.92 Å². The highest BCUT2D eigenvalue weighted by atomic mass is 32.2. The smallest absolute Gasteiger partial charge is 0.324 e. The van der Waals surface area contributed by atoms with Crippen molar-refractivity contribution >= 4 is 39.3 Å². The molecule has 0 aromatic heterocycles. The molecule has 1 saturated carbocycles. The van der Waals surface area contributed by atoms with Crippen molar-refractivity contribution < 1.29 is 27.6 Å². The Morgan fingerprint density at radius 3 is 2.48 bits per heavy atom. The first-order chi connectivity index (χ1) is 13.6. The zero-order chi connectivity index (χ0) is 21.3. The molecule has 2 atom stereocenters. The Hall–Kier alpha value is -2.75. The minimum Gasteiger partial charge on any atom is -0.324 e. The van der Waals surface area contributed by atoms with Crippen LogP contribution in [0.4, 0.5) is 10.5 Å². The van der Waals surface area contributed by atoms with Gasteiger partial charge in [-0.1, -0.05) is 25.8 Å². The van der Waals surface area contributed by atoms with Crippen LogP contribution >= 0.6 is 0 Å². The number of hydrogen-bond donors (Lipinski definition) is 1. The summed E-state index contributed by atoms with van der Waals surface area (Å²) in [6.07, 6.45) is 4.44. The van der Waals surface area contributed by atoms with Crippen LogP contribution in [-0.2, 0) is 24.2 Å². The van der Waals surface area contributed by atoms with E-state index in [4.69, 9.17) is 0 Å². The highest BCUT2D eigenvalue weighted by Crippen LogP contribution is 2.31. The molecule has 1 heterocycles. The molecule has 0 unspecified atom stereocenters. The van der Waals surface area contributed by atoms with Crippen LogP contribution in [0, 0.1) is 5.92 Å². The Kier molecular flexibility index (Phi) is 5.74. The quantitative estimate of drug-likeness (QED) is 0.567. The first kappa shape index (κ1) is 21.0.